The zero-order chi connectivity index (χ0) is 50.0. The summed E-state index contributed by atoms with van der Waals surface area (Å²) in [6.45, 7) is 6.49. The molecule has 69 heavy (non-hydrogen) atoms. The predicted octanol–water partition coefficient (Wildman–Crippen LogP) is 19.5. The van der Waals surface area contributed by atoms with Gasteiger partial charge in [0.2, 0.25) is 0 Å². The minimum absolute atomic E-state index is 0.0951. The van der Waals surface area contributed by atoms with Crippen LogP contribution >= 0.6 is 0 Å². The molecule has 0 amide bonds. The predicted molar refractivity (Wildman–Crippen MR) is 297 cm³/mol. The fourth-order valence-corrected chi connectivity index (χ4v) is 8.01. The van der Waals surface area contributed by atoms with Gasteiger partial charge in [-0.2, -0.15) is 0 Å². The molecule has 0 aliphatic heterocycles. The molecule has 6 nitrogen and oxygen atoms in total. The fraction of sp³-hybridized carbons (Fsp3) is 0.730. The minimum atomic E-state index is -0.798. The van der Waals surface area contributed by atoms with Crippen molar-refractivity contribution in [3.8, 4) is 0 Å². The number of allylic oxidation sites excluding steroid dienone is 14. The second-order valence-electron chi connectivity index (χ2n) is 19.2. The van der Waals surface area contributed by atoms with Crippen molar-refractivity contribution in [2.45, 2.75) is 284 Å². The summed E-state index contributed by atoms with van der Waals surface area (Å²) in [7, 11) is 0. The van der Waals surface area contributed by atoms with Gasteiger partial charge in [0.15, 0.2) is 6.10 Å². The Hall–Kier alpha value is -3.41. The van der Waals surface area contributed by atoms with E-state index < -0.39 is 6.10 Å². The molecule has 0 aliphatic rings. The number of carbonyl (C=O) groups excluding carboxylic acids is 3. The highest BCUT2D eigenvalue weighted by Crippen LogP contribution is 2.14. The molecule has 0 fully saturated rings. The lowest BCUT2D eigenvalue weighted by Gasteiger charge is -2.18. The van der Waals surface area contributed by atoms with Crippen LogP contribution in [0.15, 0.2) is 85.1 Å². The van der Waals surface area contributed by atoms with Crippen LogP contribution in [0.1, 0.15) is 278 Å². The van der Waals surface area contributed by atoms with E-state index in [4.69, 9.17) is 14.2 Å². The third kappa shape index (κ3) is 55.4. The molecule has 0 saturated carbocycles. The molecule has 1 atom stereocenters. The van der Waals surface area contributed by atoms with Crippen LogP contribution in [0.5, 0.6) is 0 Å². The molecule has 0 radical (unpaired) electrons. The molecule has 0 bridgehead atoms. The summed E-state index contributed by atoms with van der Waals surface area (Å²) < 4.78 is 16.8. The van der Waals surface area contributed by atoms with Gasteiger partial charge < -0.3 is 14.2 Å². The minimum Gasteiger partial charge on any atom is -0.462 e. The molecule has 0 N–H and O–H groups in total. The van der Waals surface area contributed by atoms with Gasteiger partial charge in [0.25, 0.3) is 0 Å². The monoisotopic (exact) mass is 961 g/mol. The molecule has 0 saturated heterocycles. The molecule has 0 rings (SSSR count). The first-order valence-corrected chi connectivity index (χ1v) is 29.1. The van der Waals surface area contributed by atoms with Gasteiger partial charge in [-0.15, -0.1) is 0 Å². The molecule has 1 unspecified atom stereocenters. The van der Waals surface area contributed by atoms with Crippen molar-refractivity contribution in [1.29, 1.82) is 0 Å². The molecule has 0 aliphatic carbocycles. The lowest BCUT2D eigenvalue weighted by molar-refractivity contribution is -0.167. The molecular weight excluding hydrogens is 853 g/mol. The van der Waals surface area contributed by atoms with Gasteiger partial charge in [-0.3, -0.25) is 14.4 Å². The number of ether oxygens (including phenoxy) is 3. The molecule has 0 aromatic heterocycles. The van der Waals surface area contributed by atoms with E-state index in [1.807, 2.05) is 0 Å². The van der Waals surface area contributed by atoms with Crippen molar-refractivity contribution in [3.05, 3.63) is 85.1 Å². The zero-order valence-electron chi connectivity index (χ0n) is 45.3. The molecule has 0 heterocycles. The summed E-state index contributed by atoms with van der Waals surface area (Å²) in [5.41, 5.74) is 0. The Morgan fingerprint density at radius 2 is 0.609 bits per heavy atom. The van der Waals surface area contributed by atoms with Crippen LogP contribution in [-0.4, -0.2) is 37.2 Å². The van der Waals surface area contributed by atoms with E-state index >= 15 is 0 Å². The highest BCUT2D eigenvalue weighted by atomic mass is 16.6. The average molecular weight is 962 g/mol. The third-order valence-corrected chi connectivity index (χ3v) is 12.4. The maximum atomic E-state index is 12.9. The molecule has 0 aromatic rings. The SMILES string of the molecule is CC/C=C\C/C=C\C/C=C\C/C=C\CCCCCCCCC(=O)OCC(COC(=O)CCCCC/C=C\CCCCCCCCC)OC(=O)CCCCCCC/C=C\C=C/CCCCCCCCC. The Morgan fingerprint density at radius 3 is 1.00 bits per heavy atom. The number of hydrogen-bond donors (Lipinski definition) is 0. The van der Waals surface area contributed by atoms with Crippen molar-refractivity contribution in [2.75, 3.05) is 13.2 Å². The first-order valence-electron chi connectivity index (χ1n) is 29.1. The zero-order valence-corrected chi connectivity index (χ0v) is 45.3. The summed E-state index contributed by atoms with van der Waals surface area (Å²) in [6.07, 6.45) is 74.3. The normalized spacial score (nSPS) is 12.7. The molecule has 396 valence electrons. The summed E-state index contributed by atoms with van der Waals surface area (Å²) in [6, 6.07) is 0. The lowest BCUT2D eigenvalue weighted by atomic mass is 10.1. The first-order chi connectivity index (χ1) is 34.0. The van der Waals surface area contributed by atoms with E-state index in [-0.39, 0.29) is 31.1 Å². The van der Waals surface area contributed by atoms with Gasteiger partial charge in [-0.1, -0.05) is 234 Å². The average Bonchev–Trinajstić information content (AvgIpc) is 3.35. The van der Waals surface area contributed by atoms with Crippen molar-refractivity contribution in [1.82, 2.24) is 0 Å². The molecule has 0 aromatic carbocycles. The van der Waals surface area contributed by atoms with E-state index in [9.17, 15) is 14.4 Å². The maximum Gasteiger partial charge on any atom is 0.306 e. The number of unbranched alkanes of at least 4 members (excludes halogenated alkanes) is 28. The van der Waals surface area contributed by atoms with Crippen LogP contribution in [0.25, 0.3) is 0 Å². The van der Waals surface area contributed by atoms with E-state index in [0.717, 1.165) is 128 Å². The smallest absolute Gasteiger partial charge is 0.306 e. The largest absolute Gasteiger partial charge is 0.462 e. The van der Waals surface area contributed by atoms with Gasteiger partial charge >= 0.3 is 17.9 Å². The van der Waals surface area contributed by atoms with Gasteiger partial charge in [0.05, 0.1) is 0 Å². The van der Waals surface area contributed by atoms with Crippen LogP contribution < -0.4 is 0 Å². The summed E-state index contributed by atoms with van der Waals surface area (Å²) >= 11 is 0. The van der Waals surface area contributed by atoms with Crippen molar-refractivity contribution < 1.29 is 28.6 Å². The standard InChI is InChI=1S/C63H108O6/c1-4-7-10-13-16-19-22-25-28-30-32-34-35-38-41-44-47-50-53-56-62(65)68-59-60(58-67-61(64)55-52-49-46-43-40-37-27-24-21-18-15-12-9-6-3)69-63(66)57-54-51-48-45-42-39-36-33-31-29-26-23-20-17-14-11-8-5-2/h7,10,16,19,25,28-29,31-34,36-37,40,60H,4-6,8-9,11-15,17-18,20-24,26-27,30,35,38-39,41-59H2,1-3H3/b10-7-,19-16-,28-25-,31-29-,34-32-,36-33-,40-37-. The van der Waals surface area contributed by atoms with Crippen molar-refractivity contribution in [3.63, 3.8) is 0 Å². The molecule has 6 heteroatoms. The second-order valence-corrected chi connectivity index (χ2v) is 19.2. The van der Waals surface area contributed by atoms with Crippen molar-refractivity contribution >= 4 is 17.9 Å². The van der Waals surface area contributed by atoms with Crippen LogP contribution in [-0.2, 0) is 28.6 Å². The number of carbonyl (C=O) groups is 3. The lowest BCUT2D eigenvalue weighted by Crippen LogP contribution is -2.30. The summed E-state index contributed by atoms with van der Waals surface area (Å²) in [5.74, 6) is -0.933. The first kappa shape index (κ1) is 65.6. The fourth-order valence-electron chi connectivity index (χ4n) is 8.01. The Kier molecular flexibility index (Phi) is 54.3. The van der Waals surface area contributed by atoms with Gasteiger partial charge in [0, 0.05) is 19.3 Å². The molecular formula is C63H108O6. The van der Waals surface area contributed by atoms with E-state index in [2.05, 4.69) is 106 Å². The third-order valence-electron chi connectivity index (χ3n) is 12.4. The summed E-state index contributed by atoms with van der Waals surface area (Å²) in [5, 5.41) is 0. The van der Waals surface area contributed by atoms with Gasteiger partial charge in [0.1, 0.15) is 13.2 Å². The van der Waals surface area contributed by atoms with E-state index in [0.29, 0.717) is 19.3 Å². The Labute approximate surface area is 426 Å². The van der Waals surface area contributed by atoms with Crippen LogP contribution in [0.2, 0.25) is 0 Å². The number of rotatable bonds is 52. The molecule has 0 spiro atoms. The quantitative estimate of drug-likeness (QED) is 0.0199. The van der Waals surface area contributed by atoms with Crippen molar-refractivity contribution in [2.24, 2.45) is 0 Å². The number of esters is 3. The van der Waals surface area contributed by atoms with Gasteiger partial charge in [-0.05, 0) is 109 Å². The Morgan fingerprint density at radius 1 is 0.319 bits per heavy atom. The Balaban J connectivity index is 4.45. The Bertz CT molecular complexity index is 1330. The highest BCUT2D eigenvalue weighted by Gasteiger charge is 2.19. The maximum absolute atomic E-state index is 12.9. The van der Waals surface area contributed by atoms with E-state index in [1.165, 1.54) is 109 Å². The number of hydrogen-bond acceptors (Lipinski definition) is 6. The van der Waals surface area contributed by atoms with Crippen LogP contribution in [0.3, 0.4) is 0 Å². The topological polar surface area (TPSA) is 78.9 Å². The van der Waals surface area contributed by atoms with Gasteiger partial charge in [-0.25, -0.2) is 0 Å². The summed E-state index contributed by atoms with van der Waals surface area (Å²) in [4.78, 5) is 38.2. The highest BCUT2D eigenvalue weighted by molar-refractivity contribution is 5.71. The second kappa shape index (κ2) is 57.2. The van der Waals surface area contributed by atoms with Crippen LogP contribution in [0.4, 0.5) is 0 Å². The van der Waals surface area contributed by atoms with E-state index in [1.54, 1.807) is 0 Å². The van der Waals surface area contributed by atoms with Crippen LogP contribution in [0, 0.1) is 0 Å².